The molecular weight excluding hydrogens is 537 g/mol. The summed E-state index contributed by atoms with van der Waals surface area (Å²) in [5.41, 5.74) is 2.61. The highest BCUT2D eigenvalue weighted by Crippen LogP contribution is 2.41. The summed E-state index contributed by atoms with van der Waals surface area (Å²) in [6.45, 7) is 3.85. The molecule has 1 aliphatic carbocycles. The van der Waals surface area contributed by atoms with Crippen LogP contribution < -0.4 is 10.6 Å². The van der Waals surface area contributed by atoms with Gasteiger partial charge in [0.1, 0.15) is 11.4 Å². The van der Waals surface area contributed by atoms with Crippen molar-refractivity contribution in [2.24, 2.45) is 0 Å². The molecule has 216 valence electrons. The van der Waals surface area contributed by atoms with Crippen molar-refractivity contribution in [3.05, 3.63) is 84.0 Å². The van der Waals surface area contributed by atoms with Crippen LogP contribution in [0.25, 0.3) is 16.7 Å². The van der Waals surface area contributed by atoms with Crippen LogP contribution in [0.1, 0.15) is 61.5 Å². The molecule has 0 spiro atoms. The quantitative estimate of drug-likeness (QED) is 0.236. The van der Waals surface area contributed by atoms with E-state index >= 15 is 0 Å². The van der Waals surface area contributed by atoms with Crippen molar-refractivity contribution in [1.82, 2.24) is 40.2 Å². The summed E-state index contributed by atoms with van der Waals surface area (Å²) in [6, 6.07) is 11.1. The van der Waals surface area contributed by atoms with Gasteiger partial charge in [0.25, 0.3) is 5.91 Å². The summed E-state index contributed by atoms with van der Waals surface area (Å²) in [5, 5.41) is 18.5. The predicted octanol–water partition coefficient (Wildman–Crippen LogP) is 5.04. The third-order valence-electron chi connectivity index (χ3n) is 7.99. The molecule has 0 aromatic carbocycles. The summed E-state index contributed by atoms with van der Waals surface area (Å²) in [5.74, 6) is 1.44. The molecular formula is C30H32FN9O2. The molecule has 1 saturated carbocycles. The number of H-pyrrole nitrogens is 1. The number of nitrogens with one attached hydrogen (secondary N) is 3. The molecule has 0 bridgehead atoms. The molecule has 1 atom stereocenters. The molecule has 0 radical (unpaired) electrons. The van der Waals surface area contributed by atoms with Crippen LogP contribution in [0.2, 0.25) is 0 Å². The monoisotopic (exact) mass is 569 g/mol. The van der Waals surface area contributed by atoms with E-state index in [-0.39, 0.29) is 17.9 Å². The first kappa shape index (κ1) is 27.5. The third-order valence-corrected chi connectivity index (χ3v) is 7.99. The molecule has 6 rings (SSSR count). The van der Waals surface area contributed by atoms with Crippen LogP contribution in [0.4, 0.5) is 16.0 Å². The lowest BCUT2D eigenvalue weighted by Crippen LogP contribution is -2.50. The number of nitrogens with zero attached hydrogens (tertiary/aromatic N) is 6. The molecule has 1 amide bonds. The van der Waals surface area contributed by atoms with Gasteiger partial charge in [-0.05, 0) is 69.4 Å². The molecule has 0 saturated heterocycles. The van der Waals surface area contributed by atoms with Gasteiger partial charge in [0.15, 0.2) is 17.5 Å². The van der Waals surface area contributed by atoms with E-state index in [0.717, 1.165) is 46.9 Å². The summed E-state index contributed by atoms with van der Waals surface area (Å²) in [7, 11) is 1.59. The topological polar surface area (TPSA) is 136 Å². The van der Waals surface area contributed by atoms with E-state index < -0.39 is 11.4 Å². The van der Waals surface area contributed by atoms with Crippen LogP contribution in [0.3, 0.4) is 0 Å². The second-order valence-corrected chi connectivity index (χ2v) is 10.7. The van der Waals surface area contributed by atoms with E-state index in [1.54, 1.807) is 25.6 Å². The third kappa shape index (κ3) is 5.45. The van der Waals surface area contributed by atoms with Gasteiger partial charge in [-0.25, -0.2) is 19.0 Å². The molecule has 5 aromatic rings. The Kier molecular flexibility index (Phi) is 7.38. The first-order chi connectivity index (χ1) is 20.3. The van der Waals surface area contributed by atoms with Crippen molar-refractivity contribution in [1.29, 1.82) is 0 Å². The number of carbonyl (C=O) groups is 1. The zero-order valence-corrected chi connectivity index (χ0v) is 23.6. The maximum Gasteiger partial charge on any atom is 0.252 e. The predicted molar refractivity (Wildman–Crippen MR) is 155 cm³/mol. The first-order valence-corrected chi connectivity index (χ1v) is 13.9. The van der Waals surface area contributed by atoms with Gasteiger partial charge in [0, 0.05) is 48.3 Å². The van der Waals surface area contributed by atoms with Gasteiger partial charge in [-0.1, -0.05) is 6.07 Å². The van der Waals surface area contributed by atoms with Crippen LogP contribution in [0.15, 0.2) is 61.2 Å². The van der Waals surface area contributed by atoms with E-state index in [2.05, 4.69) is 35.9 Å². The standard InChI is InChI=1S/C30H32FN9O2/c1-18-13-26(39-38-18)37-28-23-5-4-12-32-25(23)14-24(36-28)20-8-10-30(42-3,11-9-20)29(41)35-19(2)21-6-7-27(33-15-21)40-17-22(31)16-34-40/h4-7,12-17,19-20H,8-11H2,1-3H3,(H,35,41)(H2,36,37,38,39)/t19-,20?,30?/m0/s1. The Labute approximate surface area is 241 Å². The van der Waals surface area contributed by atoms with Crippen molar-refractivity contribution in [2.45, 2.75) is 57.1 Å². The molecule has 42 heavy (non-hydrogen) atoms. The number of aromatic nitrogens is 7. The molecule has 3 N–H and O–H groups in total. The van der Waals surface area contributed by atoms with E-state index in [0.29, 0.717) is 30.3 Å². The smallest absolute Gasteiger partial charge is 0.252 e. The number of halogens is 1. The minimum atomic E-state index is -0.937. The van der Waals surface area contributed by atoms with Crippen molar-refractivity contribution < 1.29 is 13.9 Å². The van der Waals surface area contributed by atoms with Crippen LogP contribution in [0.5, 0.6) is 0 Å². The number of fused-ring (bicyclic) bond motifs is 1. The zero-order valence-electron chi connectivity index (χ0n) is 23.6. The Balaban J connectivity index is 1.14. The van der Waals surface area contributed by atoms with Crippen molar-refractivity contribution >= 4 is 28.4 Å². The number of ether oxygens (including phenoxy) is 1. The fourth-order valence-corrected chi connectivity index (χ4v) is 5.53. The lowest BCUT2D eigenvalue weighted by atomic mass is 9.76. The Hall–Kier alpha value is -4.71. The molecule has 0 unspecified atom stereocenters. The maximum absolute atomic E-state index is 13.5. The molecule has 0 aliphatic heterocycles. The van der Waals surface area contributed by atoms with Gasteiger partial charge < -0.3 is 15.4 Å². The summed E-state index contributed by atoms with van der Waals surface area (Å²) in [4.78, 5) is 27.5. The molecule has 5 heterocycles. The average molecular weight is 570 g/mol. The Morgan fingerprint density at radius 3 is 2.69 bits per heavy atom. The molecule has 5 aromatic heterocycles. The van der Waals surface area contributed by atoms with Crippen molar-refractivity contribution in [2.75, 3.05) is 12.4 Å². The normalized spacial score (nSPS) is 19.5. The van der Waals surface area contributed by atoms with Crippen LogP contribution in [-0.2, 0) is 9.53 Å². The number of amides is 1. The molecule has 11 nitrogen and oxygen atoms in total. The van der Waals surface area contributed by atoms with Gasteiger partial charge in [0.2, 0.25) is 0 Å². The summed E-state index contributed by atoms with van der Waals surface area (Å²) < 4.78 is 20.6. The maximum atomic E-state index is 13.5. The van der Waals surface area contributed by atoms with Crippen molar-refractivity contribution in [3.63, 3.8) is 0 Å². The van der Waals surface area contributed by atoms with Crippen molar-refractivity contribution in [3.8, 4) is 5.82 Å². The zero-order chi connectivity index (χ0) is 29.3. The summed E-state index contributed by atoms with van der Waals surface area (Å²) in [6.07, 6.45) is 8.39. The number of aryl methyl sites for hydroxylation is 1. The molecule has 1 fully saturated rings. The number of pyridine rings is 3. The van der Waals surface area contributed by atoms with Gasteiger partial charge >= 0.3 is 0 Å². The second kappa shape index (κ2) is 11.3. The number of methoxy groups -OCH3 is 1. The molecule has 12 heteroatoms. The fourth-order valence-electron chi connectivity index (χ4n) is 5.53. The largest absolute Gasteiger partial charge is 0.368 e. The van der Waals surface area contributed by atoms with Crippen LogP contribution in [0, 0.1) is 12.7 Å². The number of rotatable bonds is 8. The van der Waals surface area contributed by atoms with Gasteiger partial charge in [-0.3, -0.25) is 14.9 Å². The van der Waals surface area contributed by atoms with E-state index in [1.807, 2.05) is 44.2 Å². The lowest BCUT2D eigenvalue weighted by Gasteiger charge is -2.38. The minimum Gasteiger partial charge on any atom is -0.368 e. The fraction of sp³-hybridized carbons (Fsp3) is 0.333. The highest BCUT2D eigenvalue weighted by Gasteiger charge is 2.43. The lowest BCUT2D eigenvalue weighted by molar-refractivity contribution is -0.148. The number of hydrogen-bond donors (Lipinski definition) is 3. The van der Waals surface area contributed by atoms with Crippen LogP contribution in [-0.4, -0.2) is 53.5 Å². The van der Waals surface area contributed by atoms with Gasteiger partial charge in [-0.15, -0.1) is 0 Å². The number of carbonyl (C=O) groups excluding carboxylic acids is 1. The Morgan fingerprint density at radius 2 is 2.02 bits per heavy atom. The number of aromatic amines is 1. The van der Waals surface area contributed by atoms with E-state index in [1.165, 1.54) is 10.9 Å². The highest BCUT2D eigenvalue weighted by molar-refractivity contribution is 5.91. The first-order valence-electron chi connectivity index (χ1n) is 13.9. The highest BCUT2D eigenvalue weighted by atomic mass is 19.1. The van der Waals surface area contributed by atoms with E-state index in [9.17, 15) is 9.18 Å². The SMILES string of the molecule is COC1(C(=O)N[C@@H](C)c2ccc(-n3cc(F)cn3)nc2)CCC(c2cc3ncccc3c(Nc3cc(C)[nH]n3)n2)CC1. The van der Waals surface area contributed by atoms with Crippen LogP contribution >= 0.6 is 0 Å². The Bertz CT molecular complexity index is 1710. The van der Waals surface area contributed by atoms with Gasteiger partial charge in [-0.2, -0.15) is 10.2 Å². The average Bonchev–Trinajstić information content (AvgIpc) is 3.64. The minimum absolute atomic E-state index is 0.148. The van der Waals surface area contributed by atoms with E-state index in [4.69, 9.17) is 9.72 Å². The Morgan fingerprint density at radius 1 is 1.19 bits per heavy atom. The second-order valence-electron chi connectivity index (χ2n) is 10.7. The summed E-state index contributed by atoms with van der Waals surface area (Å²) >= 11 is 0. The number of anilines is 2. The van der Waals surface area contributed by atoms with Gasteiger partial charge in [0.05, 0.1) is 24.0 Å². The number of hydrogen-bond acceptors (Lipinski definition) is 8. The molecule has 1 aliphatic rings.